The predicted molar refractivity (Wildman–Crippen MR) is 175 cm³/mol. The molecule has 0 aliphatic heterocycles. The molecule has 0 spiro atoms. The van der Waals surface area contributed by atoms with Crippen molar-refractivity contribution in [2.45, 2.75) is 23.7 Å². The van der Waals surface area contributed by atoms with Gasteiger partial charge in [-0.1, -0.05) is 84.4 Å². The molecule has 1 aromatic heterocycles. The van der Waals surface area contributed by atoms with E-state index in [1.165, 1.54) is 10.8 Å². The van der Waals surface area contributed by atoms with Gasteiger partial charge in [-0.2, -0.15) is 0 Å². The highest BCUT2D eigenvalue weighted by atomic mass is 35.5. The van der Waals surface area contributed by atoms with Crippen LogP contribution in [0.5, 0.6) is 0 Å². The average Bonchev–Trinajstić information content (AvgIpc) is 3.29. The van der Waals surface area contributed by atoms with Gasteiger partial charge in [0.1, 0.15) is 0 Å². The van der Waals surface area contributed by atoms with Crippen LogP contribution < -0.4 is 10.6 Å². The van der Waals surface area contributed by atoms with E-state index < -0.39 is 5.97 Å². The Balaban J connectivity index is 1.29. The van der Waals surface area contributed by atoms with Crippen molar-refractivity contribution in [3.05, 3.63) is 143 Å². The minimum atomic E-state index is -0.957. The van der Waals surface area contributed by atoms with Crippen LogP contribution in [0.15, 0.2) is 120 Å². The van der Waals surface area contributed by atoms with E-state index in [2.05, 4.69) is 45.5 Å². The molecule has 2 amide bonds. The van der Waals surface area contributed by atoms with Crippen LogP contribution in [0, 0.1) is 0 Å². The lowest BCUT2D eigenvalue weighted by atomic mass is 10.1. The van der Waals surface area contributed by atoms with E-state index in [0.717, 1.165) is 32.6 Å². The molecular formula is C35H28ClN3O3S. The van der Waals surface area contributed by atoms with E-state index in [1.54, 1.807) is 23.9 Å². The van der Waals surface area contributed by atoms with Gasteiger partial charge in [0.15, 0.2) is 0 Å². The number of aromatic nitrogens is 1. The number of rotatable bonds is 9. The van der Waals surface area contributed by atoms with E-state index in [1.807, 2.05) is 72.8 Å². The number of carbonyl (C=O) groups is 2. The number of amides is 2. The van der Waals surface area contributed by atoms with Crippen LogP contribution in [0.3, 0.4) is 0 Å². The van der Waals surface area contributed by atoms with Crippen LogP contribution in [-0.4, -0.2) is 21.7 Å². The minimum Gasteiger partial charge on any atom is -0.478 e. The molecule has 0 saturated carbocycles. The molecule has 0 saturated heterocycles. The van der Waals surface area contributed by atoms with E-state index >= 15 is 0 Å². The molecule has 43 heavy (non-hydrogen) atoms. The summed E-state index contributed by atoms with van der Waals surface area (Å²) in [6, 6.07) is 36.7. The molecule has 214 valence electrons. The van der Waals surface area contributed by atoms with Gasteiger partial charge in [-0.3, -0.25) is 0 Å². The lowest BCUT2D eigenvalue weighted by Gasteiger charge is -2.12. The number of carbonyl (C=O) groups excluding carboxylic acids is 1. The third-order valence-corrected chi connectivity index (χ3v) is 8.72. The smallest absolute Gasteiger partial charge is 0.335 e. The number of benzene rings is 5. The molecule has 0 radical (unpaired) electrons. The van der Waals surface area contributed by atoms with Gasteiger partial charge in [0, 0.05) is 40.5 Å². The fraction of sp³-hybridized carbons (Fsp3) is 0.0857. The number of hydrogen-bond donors (Lipinski definition) is 3. The van der Waals surface area contributed by atoms with E-state index in [0.29, 0.717) is 29.6 Å². The standard InChI is InChI=1S/C35H28ClN3O3S/c36-33-30-19-28(38-35(42)37-20-23-6-2-1-3-7-23)15-17-31(30)39(21-24-10-12-26(13-11-24)34(40)41)32(33)22-43-29-16-14-25-8-4-5-9-27(25)18-29/h1-19H,20-22H2,(H,40,41)(H2,37,38,42). The number of carboxylic acid groups (broad SMARTS) is 1. The quantitative estimate of drug-likeness (QED) is 0.144. The van der Waals surface area contributed by atoms with Gasteiger partial charge in [0.25, 0.3) is 0 Å². The molecule has 0 bridgehead atoms. The highest BCUT2D eigenvalue weighted by Crippen LogP contribution is 2.37. The zero-order valence-corrected chi connectivity index (χ0v) is 24.7. The molecule has 0 atom stereocenters. The predicted octanol–water partition coefficient (Wildman–Crippen LogP) is 8.81. The first kappa shape index (κ1) is 28.4. The van der Waals surface area contributed by atoms with Gasteiger partial charge in [-0.15, -0.1) is 11.8 Å². The van der Waals surface area contributed by atoms with Crippen LogP contribution in [0.4, 0.5) is 10.5 Å². The Morgan fingerprint density at radius 3 is 2.30 bits per heavy atom. The zero-order chi connectivity index (χ0) is 29.8. The Bertz CT molecular complexity index is 1940. The van der Waals surface area contributed by atoms with Crippen LogP contribution >= 0.6 is 23.4 Å². The molecule has 5 aromatic carbocycles. The van der Waals surface area contributed by atoms with Gasteiger partial charge in [0.2, 0.25) is 0 Å². The first-order chi connectivity index (χ1) is 20.9. The molecule has 1 heterocycles. The molecule has 0 unspecified atom stereocenters. The van der Waals surface area contributed by atoms with Crippen LogP contribution in [0.2, 0.25) is 5.02 Å². The van der Waals surface area contributed by atoms with Gasteiger partial charge < -0.3 is 20.3 Å². The summed E-state index contributed by atoms with van der Waals surface area (Å²) in [5, 5.41) is 19.0. The molecule has 0 fully saturated rings. The van der Waals surface area contributed by atoms with Gasteiger partial charge in [0.05, 0.1) is 16.1 Å². The largest absolute Gasteiger partial charge is 0.478 e. The Kier molecular flexibility index (Phi) is 8.36. The number of urea groups is 1. The van der Waals surface area contributed by atoms with Crippen molar-refractivity contribution >= 4 is 62.7 Å². The number of aromatic carboxylic acids is 1. The summed E-state index contributed by atoms with van der Waals surface area (Å²) in [5.74, 6) is -0.333. The summed E-state index contributed by atoms with van der Waals surface area (Å²) in [6.07, 6.45) is 0. The number of anilines is 1. The fourth-order valence-electron chi connectivity index (χ4n) is 5.06. The summed E-state index contributed by atoms with van der Waals surface area (Å²) >= 11 is 8.77. The van der Waals surface area contributed by atoms with Crippen LogP contribution in [0.1, 0.15) is 27.2 Å². The highest BCUT2D eigenvalue weighted by molar-refractivity contribution is 7.98. The number of nitrogens with one attached hydrogen (secondary N) is 2. The average molecular weight is 606 g/mol. The zero-order valence-electron chi connectivity index (χ0n) is 23.1. The van der Waals surface area contributed by atoms with Crippen molar-refractivity contribution in [1.82, 2.24) is 9.88 Å². The molecular weight excluding hydrogens is 578 g/mol. The second kappa shape index (κ2) is 12.7. The first-order valence-electron chi connectivity index (χ1n) is 13.8. The Labute approximate surface area is 258 Å². The van der Waals surface area contributed by atoms with Gasteiger partial charge in [-0.05, 0) is 64.4 Å². The number of hydrogen-bond acceptors (Lipinski definition) is 3. The van der Waals surface area contributed by atoms with Crippen molar-refractivity contribution in [3.63, 3.8) is 0 Å². The van der Waals surface area contributed by atoms with Crippen molar-refractivity contribution in [1.29, 1.82) is 0 Å². The second-order valence-corrected chi connectivity index (χ2v) is 11.6. The lowest BCUT2D eigenvalue weighted by molar-refractivity contribution is 0.0697. The van der Waals surface area contributed by atoms with Crippen molar-refractivity contribution in [2.75, 3.05) is 5.32 Å². The monoisotopic (exact) mass is 605 g/mol. The normalized spacial score (nSPS) is 11.1. The maximum atomic E-state index is 12.6. The molecule has 6 aromatic rings. The van der Waals surface area contributed by atoms with Crippen molar-refractivity contribution in [3.8, 4) is 0 Å². The number of halogens is 1. The summed E-state index contributed by atoms with van der Waals surface area (Å²) in [4.78, 5) is 25.1. The molecule has 6 nitrogen and oxygen atoms in total. The molecule has 0 aliphatic carbocycles. The summed E-state index contributed by atoms with van der Waals surface area (Å²) < 4.78 is 2.17. The third-order valence-electron chi connectivity index (χ3n) is 7.29. The second-order valence-electron chi connectivity index (χ2n) is 10.2. The number of carboxylic acids is 1. The van der Waals surface area contributed by atoms with Gasteiger partial charge in [-0.25, -0.2) is 9.59 Å². The third kappa shape index (κ3) is 6.53. The first-order valence-corrected chi connectivity index (χ1v) is 15.1. The minimum absolute atomic E-state index is 0.243. The Morgan fingerprint density at radius 2 is 1.53 bits per heavy atom. The Hall–Kier alpha value is -4.72. The number of nitrogens with zero attached hydrogens (tertiary/aromatic N) is 1. The molecule has 8 heteroatoms. The summed E-state index contributed by atoms with van der Waals surface area (Å²) in [7, 11) is 0. The van der Waals surface area contributed by atoms with E-state index in [9.17, 15) is 14.7 Å². The molecule has 0 aliphatic rings. The number of thioether (sulfide) groups is 1. The van der Waals surface area contributed by atoms with Crippen molar-refractivity contribution < 1.29 is 14.7 Å². The fourth-order valence-corrected chi connectivity index (χ4v) is 6.44. The number of fused-ring (bicyclic) bond motifs is 2. The van der Waals surface area contributed by atoms with E-state index in [4.69, 9.17) is 11.6 Å². The topological polar surface area (TPSA) is 83.4 Å². The SMILES string of the molecule is O=C(NCc1ccccc1)Nc1ccc2c(c1)c(Cl)c(CSc1ccc3ccccc3c1)n2Cc1ccc(C(=O)O)cc1. The maximum absolute atomic E-state index is 12.6. The van der Waals surface area contributed by atoms with Crippen LogP contribution in [0.25, 0.3) is 21.7 Å². The molecule has 3 N–H and O–H groups in total. The van der Waals surface area contributed by atoms with Crippen LogP contribution in [-0.2, 0) is 18.8 Å². The Morgan fingerprint density at radius 1 is 0.791 bits per heavy atom. The maximum Gasteiger partial charge on any atom is 0.335 e. The molecule has 6 rings (SSSR count). The summed E-state index contributed by atoms with van der Waals surface area (Å²) in [6.45, 7) is 0.934. The van der Waals surface area contributed by atoms with Crippen molar-refractivity contribution in [2.24, 2.45) is 0 Å². The van der Waals surface area contributed by atoms with Gasteiger partial charge >= 0.3 is 12.0 Å². The highest BCUT2D eigenvalue weighted by Gasteiger charge is 2.18. The van der Waals surface area contributed by atoms with E-state index in [-0.39, 0.29) is 11.6 Å². The summed E-state index contributed by atoms with van der Waals surface area (Å²) in [5.41, 5.74) is 4.72. The lowest BCUT2D eigenvalue weighted by Crippen LogP contribution is -2.28.